The molecule has 0 heterocycles. The van der Waals surface area contributed by atoms with E-state index in [-0.39, 0.29) is 17.7 Å². The van der Waals surface area contributed by atoms with Gasteiger partial charge in [-0.3, -0.25) is 0 Å². The predicted octanol–water partition coefficient (Wildman–Crippen LogP) is 3.45. The molecule has 0 saturated heterocycles. The van der Waals surface area contributed by atoms with Crippen LogP contribution in [0.15, 0.2) is 54.6 Å². The number of nitrogens with zero attached hydrogens (tertiary/aromatic N) is 1. The van der Waals surface area contributed by atoms with Crippen molar-refractivity contribution in [3.05, 3.63) is 77.1 Å². The van der Waals surface area contributed by atoms with Gasteiger partial charge in [0, 0.05) is 11.6 Å². The summed E-state index contributed by atoms with van der Waals surface area (Å²) in [5.41, 5.74) is 0.984. The lowest BCUT2D eigenvalue weighted by molar-refractivity contribution is -0.138. The van der Waals surface area contributed by atoms with E-state index >= 15 is 0 Å². The van der Waals surface area contributed by atoms with E-state index in [0.29, 0.717) is 0 Å². The fraction of sp³-hybridized carbons (Fsp3) is 0.0588. The van der Waals surface area contributed by atoms with Gasteiger partial charge < -0.3 is 4.74 Å². The molecule has 0 aliphatic rings. The van der Waals surface area contributed by atoms with Crippen molar-refractivity contribution < 1.29 is 13.9 Å². The first-order chi connectivity index (χ1) is 10.2. The number of carbonyl (C=O) groups is 1. The number of benzene rings is 2. The standard InChI is InChI=1S/C17H12FNO2/c18-17-14(7-4-8-15(17)11-19)9-10-16(20)21-12-13-5-2-1-3-6-13/h1-10H,12H2. The fourth-order valence-corrected chi connectivity index (χ4v) is 1.70. The average molecular weight is 281 g/mol. The maximum Gasteiger partial charge on any atom is 0.331 e. The highest BCUT2D eigenvalue weighted by atomic mass is 19.1. The van der Waals surface area contributed by atoms with E-state index in [1.807, 2.05) is 30.3 Å². The Labute approximate surface area is 121 Å². The largest absolute Gasteiger partial charge is 0.458 e. The van der Waals surface area contributed by atoms with Crippen LogP contribution in [-0.4, -0.2) is 5.97 Å². The minimum Gasteiger partial charge on any atom is -0.458 e. The van der Waals surface area contributed by atoms with Crippen LogP contribution in [-0.2, 0) is 16.1 Å². The highest BCUT2D eigenvalue weighted by Gasteiger charge is 2.05. The van der Waals surface area contributed by atoms with Crippen LogP contribution in [0.4, 0.5) is 4.39 Å². The van der Waals surface area contributed by atoms with Gasteiger partial charge in [-0.15, -0.1) is 0 Å². The van der Waals surface area contributed by atoms with Gasteiger partial charge in [0.25, 0.3) is 0 Å². The first-order valence-corrected chi connectivity index (χ1v) is 6.28. The summed E-state index contributed by atoms with van der Waals surface area (Å²) in [5, 5.41) is 8.72. The lowest BCUT2D eigenvalue weighted by atomic mass is 10.1. The molecule has 2 rings (SSSR count). The number of hydrogen-bond donors (Lipinski definition) is 0. The summed E-state index contributed by atoms with van der Waals surface area (Å²) in [6.07, 6.45) is 2.44. The van der Waals surface area contributed by atoms with Crippen molar-refractivity contribution in [1.29, 1.82) is 5.26 Å². The topological polar surface area (TPSA) is 50.1 Å². The van der Waals surface area contributed by atoms with E-state index in [4.69, 9.17) is 10.00 Å². The van der Waals surface area contributed by atoms with E-state index < -0.39 is 11.8 Å². The van der Waals surface area contributed by atoms with Crippen LogP contribution in [0.5, 0.6) is 0 Å². The summed E-state index contributed by atoms with van der Waals surface area (Å²) < 4.78 is 18.8. The highest BCUT2D eigenvalue weighted by molar-refractivity contribution is 5.87. The van der Waals surface area contributed by atoms with Gasteiger partial charge in [0.05, 0.1) is 5.56 Å². The molecule has 0 amide bonds. The van der Waals surface area contributed by atoms with E-state index in [1.54, 1.807) is 12.1 Å². The molecule has 0 spiro atoms. The molecular weight excluding hydrogens is 269 g/mol. The van der Waals surface area contributed by atoms with Gasteiger partial charge in [-0.2, -0.15) is 5.26 Å². The third kappa shape index (κ3) is 4.02. The van der Waals surface area contributed by atoms with Crippen LogP contribution in [0.3, 0.4) is 0 Å². The van der Waals surface area contributed by atoms with Gasteiger partial charge in [0.1, 0.15) is 18.5 Å². The molecule has 0 radical (unpaired) electrons. The van der Waals surface area contributed by atoms with Gasteiger partial charge >= 0.3 is 5.97 Å². The summed E-state index contributed by atoms with van der Waals surface area (Å²) in [6.45, 7) is 0.157. The Balaban J connectivity index is 1.98. The number of hydrogen-bond acceptors (Lipinski definition) is 3. The summed E-state index contributed by atoms with van der Waals surface area (Å²) in [7, 11) is 0. The summed E-state index contributed by atoms with van der Waals surface area (Å²) in [6, 6.07) is 15.4. The third-order valence-corrected chi connectivity index (χ3v) is 2.77. The molecule has 21 heavy (non-hydrogen) atoms. The van der Waals surface area contributed by atoms with Gasteiger partial charge in [-0.1, -0.05) is 42.5 Å². The molecule has 0 aromatic heterocycles. The number of carbonyl (C=O) groups excluding carboxylic acids is 1. The summed E-state index contributed by atoms with van der Waals surface area (Å²) in [5.74, 6) is -1.22. The maximum absolute atomic E-state index is 13.7. The molecular formula is C17H12FNO2. The molecule has 0 bridgehead atoms. The molecule has 4 heteroatoms. The Morgan fingerprint density at radius 1 is 1.19 bits per heavy atom. The van der Waals surface area contributed by atoms with Crippen LogP contribution in [0, 0.1) is 17.1 Å². The second kappa shape index (κ2) is 7.01. The van der Waals surface area contributed by atoms with Crippen molar-refractivity contribution >= 4 is 12.0 Å². The van der Waals surface area contributed by atoms with Crippen molar-refractivity contribution in [1.82, 2.24) is 0 Å². The van der Waals surface area contributed by atoms with Gasteiger partial charge in [-0.25, -0.2) is 9.18 Å². The quantitative estimate of drug-likeness (QED) is 0.637. The smallest absolute Gasteiger partial charge is 0.331 e. The molecule has 2 aromatic carbocycles. The van der Waals surface area contributed by atoms with Crippen molar-refractivity contribution in [2.45, 2.75) is 6.61 Å². The SMILES string of the molecule is N#Cc1cccc(C=CC(=O)OCc2ccccc2)c1F. The third-order valence-electron chi connectivity index (χ3n) is 2.77. The van der Waals surface area contributed by atoms with Gasteiger partial charge in [-0.05, 0) is 17.7 Å². The normalized spacial score (nSPS) is 10.3. The monoisotopic (exact) mass is 281 g/mol. The van der Waals surface area contributed by atoms with E-state index in [0.717, 1.165) is 11.6 Å². The second-order valence-electron chi connectivity index (χ2n) is 4.25. The van der Waals surface area contributed by atoms with Crippen molar-refractivity contribution in [2.24, 2.45) is 0 Å². The molecule has 0 unspecified atom stereocenters. The summed E-state index contributed by atoms with van der Waals surface area (Å²) >= 11 is 0. The molecule has 0 aliphatic carbocycles. The zero-order chi connectivity index (χ0) is 15.1. The van der Waals surface area contributed by atoms with Crippen LogP contribution >= 0.6 is 0 Å². The van der Waals surface area contributed by atoms with E-state index in [9.17, 15) is 9.18 Å². The average Bonchev–Trinajstić information content (AvgIpc) is 2.53. The molecule has 0 aliphatic heterocycles. The maximum atomic E-state index is 13.7. The molecule has 104 valence electrons. The van der Waals surface area contributed by atoms with E-state index in [1.165, 1.54) is 18.2 Å². The fourth-order valence-electron chi connectivity index (χ4n) is 1.70. The molecule has 0 N–H and O–H groups in total. The van der Waals surface area contributed by atoms with Crippen molar-refractivity contribution in [3.63, 3.8) is 0 Å². The molecule has 0 fully saturated rings. The Bertz CT molecular complexity index is 702. The lowest BCUT2D eigenvalue weighted by Gasteiger charge is -2.02. The summed E-state index contributed by atoms with van der Waals surface area (Å²) in [4.78, 5) is 11.6. The van der Waals surface area contributed by atoms with E-state index in [2.05, 4.69) is 0 Å². The molecule has 3 nitrogen and oxygen atoms in total. The van der Waals surface area contributed by atoms with Gasteiger partial charge in [0.2, 0.25) is 0 Å². The Hall–Kier alpha value is -2.93. The van der Waals surface area contributed by atoms with Crippen LogP contribution in [0.25, 0.3) is 6.08 Å². The molecule has 0 saturated carbocycles. The first kappa shape index (κ1) is 14.5. The van der Waals surface area contributed by atoms with Crippen LogP contribution in [0.2, 0.25) is 0 Å². The number of esters is 1. The highest BCUT2D eigenvalue weighted by Crippen LogP contribution is 2.13. The number of halogens is 1. The zero-order valence-electron chi connectivity index (χ0n) is 11.1. The van der Waals surface area contributed by atoms with Crippen molar-refractivity contribution in [3.8, 4) is 6.07 Å². The Morgan fingerprint density at radius 3 is 2.67 bits per heavy atom. The number of rotatable bonds is 4. The minimum atomic E-state index is -0.646. The number of ether oxygens (including phenoxy) is 1. The number of nitriles is 1. The lowest BCUT2D eigenvalue weighted by Crippen LogP contribution is -2.00. The Morgan fingerprint density at radius 2 is 1.95 bits per heavy atom. The van der Waals surface area contributed by atoms with Crippen LogP contribution in [0.1, 0.15) is 16.7 Å². The zero-order valence-corrected chi connectivity index (χ0v) is 11.1. The second-order valence-corrected chi connectivity index (χ2v) is 4.25. The van der Waals surface area contributed by atoms with Gasteiger partial charge in [0.15, 0.2) is 0 Å². The van der Waals surface area contributed by atoms with Crippen molar-refractivity contribution in [2.75, 3.05) is 0 Å². The van der Waals surface area contributed by atoms with Crippen LogP contribution < -0.4 is 0 Å². The Kier molecular flexibility index (Phi) is 4.84. The molecule has 0 atom stereocenters. The minimum absolute atomic E-state index is 0.0604. The predicted molar refractivity (Wildman–Crippen MR) is 76.4 cm³/mol. The first-order valence-electron chi connectivity index (χ1n) is 6.28. The molecule has 2 aromatic rings.